The first-order valence-electron chi connectivity index (χ1n) is 7.84. The fourth-order valence-electron chi connectivity index (χ4n) is 2.20. The molecule has 1 amide bonds. The first kappa shape index (κ1) is 21.5. The fourth-order valence-corrected chi connectivity index (χ4v) is 2.20. The SMILES string of the molecule is COC(=O)COc1ccc(NC(=O)C(N)c2ccc(C)cc2)c(C)c1.Cl. The van der Waals surface area contributed by atoms with E-state index in [1.165, 1.54) is 7.11 Å². The van der Waals surface area contributed by atoms with Crippen LogP contribution in [0.25, 0.3) is 0 Å². The summed E-state index contributed by atoms with van der Waals surface area (Å²) in [6, 6.07) is 11.9. The Hall–Kier alpha value is -2.57. The van der Waals surface area contributed by atoms with Crippen LogP contribution in [0.3, 0.4) is 0 Å². The molecule has 0 saturated heterocycles. The molecule has 0 aliphatic heterocycles. The molecule has 1 atom stereocenters. The highest BCUT2D eigenvalue weighted by Crippen LogP contribution is 2.23. The van der Waals surface area contributed by atoms with Crippen LogP contribution in [0.2, 0.25) is 0 Å². The molecule has 0 saturated carbocycles. The molecule has 0 bridgehead atoms. The van der Waals surface area contributed by atoms with Crippen LogP contribution in [-0.2, 0) is 14.3 Å². The molecule has 1 unspecified atom stereocenters. The van der Waals surface area contributed by atoms with Crippen LogP contribution in [0.15, 0.2) is 42.5 Å². The van der Waals surface area contributed by atoms with Gasteiger partial charge in [-0.05, 0) is 43.2 Å². The third-order valence-electron chi connectivity index (χ3n) is 3.76. The molecule has 0 fully saturated rings. The molecule has 2 rings (SSSR count). The molecule has 2 aromatic carbocycles. The Morgan fingerprint density at radius 1 is 1.12 bits per heavy atom. The molecule has 0 radical (unpaired) electrons. The van der Waals surface area contributed by atoms with Crippen molar-refractivity contribution in [2.45, 2.75) is 19.9 Å². The van der Waals surface area contributed by atoms with Crippen molar-refractivity contribution in [1.82, 2.24) is 0 Å². The number of methoxy groups -OCH3 is 1. The molecule has 0 aromatic heterocycles. The zero-order chi connectivity index (χ0) is 18.4. The number of carbonyl (C=O) groups is 2. The first-order valence-corrected chi connectivity index (χ1v) is 7.84. The van der Waals surface area contributed by atoms with Crippen molar-refractivity contribution in [3.63, 3.8) is 0 Å². The molecule has 0 aliphatic carbocycles. The maximum atomic E-state index is 12.4. The van der Waals surface area contributed by atoms with Crippen molar-refractivity contribution in [2.24, 2.45) is 5.73 Å². The highest BCUT2D eigenvalue weighted by Gasteiger charge is 2.16. The number of hydrogen-bond donors (Lipinski definition) is 2. The average Bonchev–Trinajstić information content (AvgIpc) is 2.61. The molecule has 26 heavy (non-hydrogen) atoms. The quantitative estimate of drug-likeness (QED) is 0.754. The van der Waals surface area contributed by atoms with Gasteiger partial charge >= 0.3 is 5.97 Å². The molecule has 6 nitrogen and oxygen atoms in total. The van der Waals surface area contributed by atoms with E-state index in [1.807, 2.05) is 38.1 Å². The highest BCUT2D eigenvalue weighted by atomic mass is 35.5. The number of rotatable bonds is 6. The van der Waals surface area contributed by atoms with Gasteiger partial charge in [-0.25, -0.2) is 4.79 Å². The van der Waals surface area contributed by atoms with E-state index in [-0.39, 0.29) is 24.9 Å². The average molecular weight is 379 g/mol. The van der Waals surface area contributed by atoms with Gasteiger partial charge in [-0.3, -0.25) is 4.79 Å². The Kier molecular flexibility index (Phi) is 8.09. The molecule has 0 heterocycles. The number of anilines is 1. The summed E-state index contributed by atoms with van der Waals surface area (Å²) in [6.45, 7) is 3.64. The van der Waals surface area contributed by atoms with Gasteiger partial charge in [-0.1, -0.05) is 29.8 Å². The predicted molar refractivity (Wildman–Crippen MR) is 103 cm³/mol. The molecule has 0 spiro atoms. The zero-order valence-electron chi connectivity index (χ0n) is 14.9. The van der Waals surface area contributed by atoms with Gasteiger partial charge in [0.05, 0.1) is 7.11 Å². The van der Waals surface area contributed by atoms with Gasteiger partial charge in [0.1, 0.15) is 11.8 Å². The smallest absolute Gasteiger partial charge is 0.343 e. The number of carbonyl (C=O) groups excluding carboxylic acids is 2. The number of aryl methyl sites for hydroxylation is 2. The van der Waals surface area contributed by atoms with Crippen molar-refractivity contribution in [3.05, 3.63) is 59.2 Å². The molecular formula is C19H23ClN2O4. The number of hydrogen-bond acceptors (Lipinski definition) is 5. The van der Waals surface area contributed by atoms with Crippen LogP contribution in [0.5, 0.6) is 5.75 Å². The van der Waals surface area contributed by atoms with E-state index in [9.17, 15) is 9.59 Å². The minimum Gasteiger partial charge on any atom is -0.482 e. The van der Waals surface area contributed by atoms with Crippen LogP contribution < -0.4 is 15.8 Å². The van der Waals surface area contributed by atoms with Gasteiger partial charge in [-0.15, -0.1) is 12.4 Å². The number of halogens is 1. The van der Waals surface area contributed by atoms with E-state index in [0.29, 0.717) is 11.4 Å². The minimum atomic E-state index is -0.754. The topological polar surface area (TPSA) is 90.6 Å². The van der Waals surface area contributed by atoms with E-state index in [1.54, 1.807) is 18.2 Å². The van der Waals surface area contributed by atoms with E-state index < -0.39 is 12.0 Å². The van der Waals surface area contributed by atoms with E-state index in [4.69, 9.17) is 10.5 Å². The van der Waals surface area contributed by atoms with Gasteiger partial charge in [0.25, 0.3) is 0 Å². The Labute approximate surface area is 159 Å². The normalized spacial score (nSPS) is 11.1. The zero-order valence-corrected chi connectivity index (χ0v) is 15.8. The summed E-state index contributed by atoms with van der Waals surface area (Å²) < 4.78 is 9.83. The van der Waals surface area contributed by atoms with Crippen molar-refractivity contribution in [2.75, 3.05) is 19.0 Å². The number of nitrogens with two attached hydrogens (primary N) is 1. The second-order valence-corrected chi connectivity index (χ2v) is 5.72. The predicted octanol–water partition coefficient (Wildman–Crippen LogP) is 2.92. The molecular weight excluding hydrogens is 356 g/mol. The molecule has 0 aliphatic rings. The Morgan fingerprint density at radius 3 is 2.35 bits per heavy atom. The van der Waals surface area contributed by atoms with Gasteiger partial charge in [0.2, 0.25) is 5.91 Å². The fraction of sp³-hybridized carbons (Fsp3) is 0.263. The third-order valence-corrected chi connectivity index (χ3v) is 3.76. The summed E-state index contributed by atoms with van der Waals surface area (Å²) in [5.74, 6) is -0.238. The lowest BCUT2D eigenvalue weighted by Crippen LogP contribution is -2.28. The standard InChI is InChI=1S/C19H22N2O4.ClH/c1-12-4-6-14(7-5-12)18(20)19(23)21-16-9-8-15(10-13(16)2)25-11-17(22)24-3;/h4-10,18H,11,20H2,1-3H3,(H,21,23);1H. The van der Waals surface area contributed by atoms with Crippen LogP contribution in [-0.4, -0.2) is 25.6 Å². The van der Waals surface area contributed by atoms with Crippen LogP contribution in [0.4, 0.5) is 5.69 Å². The number of ether oxygens (including phenoxy) is 2. The summed E-state index contributed by atoms with van der Waals surface area (Å²) in [6.07, 6.45) is 0. The monoisotopic (exact) mass is 378 g/mol. The van der Waals surface area contributed by atoms with Crippen molar-refractivity contribution < 1.29 is 19.1 Å². The second-order valence-electron chi connectivity index (χ2n) is 5.72. The van der Waals surface area contributed by atoms with Gasteiger partial charge in [0, 0.05) is 5.69 Å². The molecule has 3 N–H and O–H groups in total. The van der Waals surface area contributed by atoms with Crippen LogP contribution in [0, 0.1) is 13.8 Å². The number of nitrogens with one attached hydrogen (secondary N) is 1. The van der Waals surface area contributed by atoms with E-state index >= 15 is 0 Å². The molecule has 2 aromatic rings. The molecule has 7 heteroatoms. The number of amides is 1. The maximum Gasteiger partial charge on any atom is 0.343 e. The summed E-state index contributed by atoms with van der Waals surface area (Å²) in [7, 11) is 1.30. The van der Waals surface area contributed by atoms with E-state index in [2.05, 4.69) is 10.1 Å². The number of esters is 1. The number of benzene rings is 2. The Bertz CT molecular complexity index is 763. The van der Waals surface area contributed by atoms with Gasteiger partial charge in [0.15, 0.2) is 6.61 Å². The summed E-state index contributed by atoms with van der Waals surface area (Å²) in [4.78, 5) is 23.5. The highest BCUT2D eigenvalue weighted by molar-refractivity contribution is 5.96. The van der Waals surface area contributed by atoms with Gasteiger partial charge in [-0.2, -0.15) is 0 Å². The van der Waals surface area contributed by atoms with Crippen LogP contribution in [0.1, 0.15) is 22.7 Å². The largest absolute Gasteiger partial charge is 0.482 e. The van der Waals surface area contributed by atoms with Crippen molar-refractivity contribution >= 4 is 30.0 Å². The first-order chi connectivity index (χ1) is 11.9. The second kappa shape index (κ2) is 9.79. The Balaban J connectivity index is 0.00000338. The van der Waals surface area contributed by atoms with E-state index in [0.717, 1.165) is 16.7 Å². The summed E-state index contributed by atoms with van der Waals surface area (Å²) in [5, 5.41) is 2.82. The maximum absolute atomic E-state index is 12.4. The summed E-state index contributed by atoms with van der Waals surface area (Å²) in [5.41, 5.74) is 9.31. The Morgan fingerprint density at radius 2 is 1.77 bits per heavy atom. The van der Waals surface area contributed by atoms with Gasteiger partial charge < -0.3 is 20.5 Å². The molecule has 140 valence electrons. The summed E-state index contributed by atoms with van der Waals surface area (Å²) >= 11 is 0. The minimum absolute atomic E-state index is 0. The third kappa shape index (κ3) is 5.75. The van der Waals surface area contributed by atoms with Crippen molar-refractivity contribution in [3.8, 4) is 5.75 Å². The lowest BCUT2D eigenvalue weighted by atomic mass is 10.0. The lowest BCUT2D eigenvalue weighted by molar-refractivity contribution is -0.142. The van der Waals surface area contributed by atoms with Crippen molar-refractivity contribution in [1.29, 1.82) is 0 Å². The van der Waals surface area contributed by atoms with Crippen LogP contribution >= 0.6 is 12.4 Å². The lowest BCUT2D eigenvalue weighted by Gasteiger charge is -2.15.